The number of piperidine rings is 1. The van der Waals surface area contributed by atoms with E-state index in [1.54, 1.807) is 0 Å². The lowest BCUT2D eigenvalue weighted by Gasteiger charge is -2.50. The summed E-state index contributed by atoms with van der Waals surface area (Å²) >= 11 is 0. The number of hydrogen-bond donors (Lipinski definition) is 2. The van der Waals surface area contributed by atoms with Crippen molar-refractivity contribution in [2.45, 2.75) is 65.1 Å². The largest absolute Gasteiger partial charge is 0.396 e. The molecule has 19 heavy (non-hydrogen) atoms. The van der Waals surface area contributed by atoms with Crippen molar-refractivity contribution in [3.8, 4) is 0 Å². The van der Waals surface area contributed by atoms with E-state index in [0.29, 0.717) is 24.0 Å². The van der Waals surface area contributed by atoms with E-state index < -0.39 is 0 Å². The average Bonchev–Trinajstić information content (AvgIpc) is 2.36. The lowest BCUT2D eigenvalue weighted by Crippen LogP contribution is -2.60. The SMILES string of the molecule is CC(CO)C(C)NC1C2CCCC1CN(C(C)C)C2. The maximum absolute atomic E-state index is 9.30. The van der Waals surface area contributed by atoms with E-state index in [1.165, 1.54) is 32.4 Å². The minimum absolute atomic E-state index is 0.286. The van der Waals surface area contributed by atoms with Crippen LogP contribution in [0, 0.1) is 17.8 Å². The first-order valence-corrected chi connectivity index (χ1v) is 8.13. The van der Waals surface area contributed by atoms with Gasteiger partial charge in [0.15, 0.2) is 0 Å². The van der Waals surface area contributed by atoms with Crippen LogP contribution < -0.4 is 5.32 Å². The van der Waals surface area contributed by atoms with Crippen LogP contribution in [0.1, 0.15) is 47.0 Å². The predicted molar refractivity (Wildman–Crippen MR) is 80.2 cm³/mol. The van der Waals surface area contributed by atoms with E-state index >= 15 is 0 Å². The number of nitrogens with zero attached hydrogens (tertiary/aromatic N) is 1. The molecular formula is C16H32N2O. The number of hydrogen-bond acceptors (Lipinski definition) is 3. The number of fused-ring (bicyclic) bond motifs is 2. The molecule has 0 aromatic carbocycles. The smallest absolute Gasteiger partial charge is 0.0471 e. The highest BCUT2D eigenvalue weighted by molar-refractivity contribution is 4.96. The van der Waals surface area contributed by atoms with E-state index in [9.17, 15) is 5.11 Å². The summed E-state index contributed by atoms with van der Waals surface area (Å²) in [6, 6.07) is 1.77. The average molecular weight is 268 g/mol. The van der Waals surface area contributed by atoms with Crippen molar-refractivity contribution < 1.29 is 5.11 Å². The van der Waals surface area contributed by atoms with Crippen LogP contribution in [0.3, 0.4) is 0 Å². The van der Waals surface area contributed by atoms with Crippen molar-refractivity contribution in [2.75, 3.05) is 19.7 Å². The fraction of sp³-hybridized carbons (Fsp3) is 1.00. The first-order chi connectivity index (χ1) is 9.02. The van der Waals surface area contributed by atoms with Crippen LogP contribution >= 0.6 is 0 Å². The van der Waals surface area contributed by atoms with E-state index in [4.69, 9.17) is 0 Å². The molecule has 4 unspecified atom stereocenters. The molecular weight excluding hydrogens is 236 g/mol. The molecule has 112 valence electrons. The fourth-order valence-corrected chi connectivity index (χ4v) is 3.79. The van der Waals surface area contributed by atoms with Gasteiger partial charge in [0, 0.05) is 37.8 Å². The van der Waals surface area contributed by atoms with Gasteiger partial charge in [-0.25, -0.2) is 0 Å². The molecule has 2 fully saturated rings. The Morgan fingerprint density at radius 1 is 1.11 bits per heavy atom. The first-order valence-electron chi connectivity index (χ1n) is 8.13. The highest BCUT2D eigenvalue weighted by Gasteiger charge is 2.40. The first kappa shape index (κ1) is 15.3. The summed E-state index contributed by atoms with van der Waals surface area (Å²) in [5, 5.41) is 13.1. The molecule has 1 saturated carbocycles. The summed E-state index contributed by atoms with van der Waals surface area (Å²) in [6.45, 7) is 11.8. The van der Waals surface area contributed by atoms with Crippen LogP contribution in [0.4, 0.5) is 0 Å². The molecule has 0 aromatic rings. The van der Waals surface area contributed by atoms with Gasteiger partial charge in [0.2, 0.25) is 0 Å². The van der Waals surface area contributed by atoms with Crippen molar-refractivity contribution >= 4 is 0 Å². The lowest BCUT2D eigenvalue weighted by molar-refractivity contribution is 0.0212. The highest BCUT2D eigenvalue weighted by atomic mass is 16.3. The zero-order valence-corrected chi connectivity index (χ0v) is 13.1. The maximum Gasteiger partial charge on any atom is 0.0471 e. The summed E-state index contributed by atoms with van der Waals surface area (Å²) in [5.41, 5.74) is 0. The normalized spacial score (nSPS) is 35.4. The Bertz CT molecular complexity index is 268. The molecule has 1 saturated heterocycles. The van der Waals surface area contributed by atoms with E-state index in [-0.39, 0.29) is 6.61 Å². The van der Waals surface area contributed by atoms with Gasteiger partial charge in [-0.05, 0) is 51.4 Å². The second kappa shape index (κ2) is 6.55. The molecule has 4 atom stereocenters. The summed E-state index contributed by atoms with van der Waals surface area (Å²) in [7, 11) is 0. The molecule has 1 heterocycles. The number of rotatable bonds is 5. The molecule has 2 N–H and O–H groups in total. The van der Waals surface area contributed by atoms with Crippen LogP contribution in [0.15, 0.2) is 0 Å². The van der Waals surface area contributed by atoms with Gasteiger partial charge in [0.25, 0.3) is 0 Å². The molecule has 2 aliphatic rings. The highest BCUT2D eigenvalue weighted by Crippen LogP contribution is 2.36. The fourth-order valence-electron chi connectivity index (χ4n) is 3.79. The van der Waals surface area contributed by atoms with Crippen molar-refractivity contribution in [3.63, 3.8) is 0 Å². The van der Waals surface area contributed by atoms with Crippen LogP contribution in [0.2, 0.25) is 0 Å². The van der Waals surface area contributed by atoms with E-state index in [2.05, 4.69) is 37.9 Å². The molecule has 0 aromatic heterocycles. The van der Waals surface area contributed by atoms with Gasteiger partial charge in [0.05, 0.1) is 0 Å². The van der Waals surface area contributed by atoms with E-state index in [1.807, 2.05) is 0 Å². The van der Waals surface area contributed by atoms with Gasteiger partial charge in [0.1, 0.15) is 0 Å². The Hall–Kier alpha value is -0.120. The number of aliphatic hydroxyl groups is 1. The molecule has 1 aliphatic heterocycles. The number of nitrogens with one attached hydrogen (secondary N) is 1. The van der Waals surface area contributed by atoms with Crippen LogP contribution in [0.5, 0.6) is 0 Å². The molecule has 3 nitrogen and oxygen atoms in total. The van der Waals surface area contributed by atoms with Crippen molar-refractivity contribution in [1.29, 1.82) is 0 Å². The zero-order chi connectivity index (χ0) is 14.0. The van der Waals surface area contributed by atoms with Crippen LogP contribution in [-0.2, 0) is 0 Å². The third-order valence-corrected chi connectivity index (χ3v) is 5.43. The Kier molecular flexibility index (Phi) is 5.27. The summed E-state index contributed by atoms with van der Waals surface area (Å²) in [6.07, 6.45) is 4.15. The molecule has 0 radical (unpaired) electrons. The standard InChI is InChI=1S/C16H32N2O/c1-11(2)18-8-14-6-5-7-15(9-18)16(14)17-13(4)12(3)10-19/h11-17,19H,5-10H2,1-4H3. The predicted octanol–water partition coefficient (Wildman–Crippen LogP) is 2.10. The summed E-state index contributed by atoms with van der Waals surface area (Å²) in [5.74, 6) is 1.97. The Balaban J connectivity index is 1.98. The lowest BCUT2D eigenvalue weighted by atomic mass is 9.72. The van der Waals surface area contributed by atoms with Gasteiger partial charge in [-0.3, -0.25) is 0 Å². The van der Waals surface area contributed by atoms with E-state index in [0.717, 1.165) is 11.8 Å². The van der Waals surface area contributed by atoms with Crippen molar-refractivity contribution in [1.82, 2.24) is 10.2 Å². The molecule has 1 aliphatic carbocycles. The second-order valence-electron chi connectivity index (χ2n) is 7.14. The number of likely N-dealkylation sites (tertiary alicyclic amines) is 1. The third kappa shape index (κ3) is 3.50. The Labute approximate surface area is 118 Å². The number of aliphatic hydroxyl groups excluding tert-OH is 1. The minimum Gasteiger partial charge on any atom is -0.396 e. The van der Waals surface area contributed by atoms with Gasteiger partial charge >= 0.3 is 0 Å². The van der Waals surface area contributed by atoms with Crippen LogP contribution in [-0.4, -0.2) is 47.8 Å². The summed E-state index contributed by atoms with van der Waals surface area (Å²) in [4.78, 5) is 2.66. The van der Waals surface area contributed by atoms with Crippen molar-refractivity contribution in [2.24, 2.45) is 17.8 Å². The van der Waals surface area contributed by atoms with Gasteiger partial charge < -0.3 is 15.3 Å². The van der Waals surface area contributed by atoms with Gasteiger partial charge in [-0.1, -0.05) is 13.3 Å². The minimum atomic E-state index is 0.286. The Morgan fingerprint density at radius 2 is 1.68 bits per heavy atom. The van der Waals surface area contributed by atoms with Crippen LogP contribution in [0.25, 0.3) is 0 Å². The molecule has 2 rings (SSSR count). The molecule has 3 heteroatoms. The Morgan fingerprint density at radius 3 is 2.16 bits per heavy atom. The third-order valence-electron chi connectivity index (χ3n) is 5.43. The second-order valence-corrected chi connectivity index (χ2v) is 7.14. The van der Waals surface area contributed by atoms with Gasteiger partial charge in [-0.15, -0.1) is 0 Å². The monoisotopic (exact) mass is 268 g/mol. The van der Waals surface area contributed by atoms with Crippen molar-refractivity contribution in [3.05, 3.63) is 0 Å². The summed E-state index contributed by atoms with van der Waals surface area (Å²) < 4.78 is 0. The quantitative estimate of drug-likeness (QED) is 0.801. The maximum atomic E-state index is 9.30. The zero-order valence-electron chi connectivity index (χ0n) is 13.1. The molecule has 2 bridgehead atoms. The topological polar surface area (TPSA) is 35.5 Å². The van der Waals surface area contributed by atoms with Gasteiger partial charge in [-0.2, -0.15) is 0 Å². The molecule has 0 amide bonds. The molecule has 0 spiro atoms.